The maximum Gasteiger partial charge on any atom is 0.217 e. The molecule has 6 heteroatoms. The van der Waals surface area contributed by atoms with Crippen molar-refractivity contribution < 1.29 is 5.11 Å². The van der Waals surface area contributed by atoms with Crippen LogP contribution in [0.15, 0.2) is 4.73 Å². The van der Waals surface area contributed by atoms with Crippen LogP contribution in [0, 0.1) is 5.41 Å². The molecule has 1 aromatic heterocycles. The van der Waals surface area contributed by atoms with Crippen molar-refractivity contribution in [2.75, 3.05) is 6.54 Å². The van der Waals surface area contributed by atoms with Crippen LogP contribution >= 0.6 is 15.9 Å². The first-order valence-electron chi connectivity index (χ1n) is 5.72. The Labute approximate surface area is 111 Å². The van der Waals surface area contributed by atoms with E-state index in [0.29, 0.717) is 17.8 Å². The number of aliphatic hydroxyl groups is 1. The van der Waals surface area contributed by atoms with Crippen molar-refractivity contribution in [1.82, 2.24) is 20.1 Å². The lowest BCUT2D eigenvalue weighted by Gasteiger charge is -2.22. The van der Waals surface area contributed by atoms with Crippen LogP contribution in [-0.4, -0.2) is 32.5 Å². The zero-order valence-corrected chi connectivity index (χ0v) is 12.5. The van der Waals surface area contributed by atoms with Gasteiger partial charge in [0.2, 0.25) is 4.73 Å². The Morgan fingerprint density at radius 2 is 2.12 bits per heavy atom. The van der Waals surface area contributed by atoms with Crippen LogP contribution in [0.2, 0.25) is 0 Å². The van der Waals surface area contributed by atoms with Crippen molar-refractivity contribution in [2.45, 2.75) is 39.8 Å². The van der Waals surface area contributed by atoms with Crippen LogP contribution < -0.4 is 5.32 Å². The third kappa shape index (κ3) is 5.61. The third-order valence-electron chi connectivity index (χ3n) is 2.34. The Kier molecular flexibility index (Phi) is 5.09. The summed E-state index contributed by atoms with van der Waals surface area (Å²) in [6, 6.07) is 0. The Bertz CT molecular complexity index is 359. The second kappa shape index (κ2) is 5.93. The summed E-state index contributed by atoms with van der Waals surface area (Å²) in [6.45, 7) is 7.54. The number of nitrogens with zero attached hydrogens (tertiary/aromatic N) is 3. The molecule has 98 valence electrons. The molecule has 0 fully saturated rings. The van der Waals surface area contributed by atoms with Gasteiger partial charge in [-0.3, -0.25) is 4.68 Å². The molecule has 1 unspecified atom stereocenters. The largest absolute Gasteiger partial charge is 0.392 e. The lowest BCUT2D eigenvalue weighted by molar-refractivity contribution is 0.119. The number of halogens is 1. The lowest BCUT2D eigenvalue weighted by Crippen LogP contribution is -2.30. The molecule has 0 saturated heterocycles. The van der Waals surface area contributed by atoms with Crippen LogP contribution in [0.25, 0.3) is 0 Å². The summed E-state index contributed by atoms with van der Waals surface area (Å²) in [7, 11) is 1.85. The van der Waals surface area contributed by atoms with Gasteiger partial charge in [0.25, 0.3) is 0 Å². The van der Waals surface area contributed by atoms with E-state index < -0.39 is 0 Å². The number of aromatic nitrogens is 3. The van der Waals surface area contributed by atoms with Gasteiger partial charge in [-0.2, -0.15) is 0 Å². The lowest BCUT2D eigenvalue weighted by atomic mass is 9.89. The summed E-state index contributed by atoms with van der Waals surface area (Å²) >= 11 is 3.22. The number of hydrogen-bond acceptors (Lipinski definition) is 4. The quantitative estimate of drug-likeness (QED) is 0.864. The molecule has 0 aromatic carbocycles. The van der Waals surface area contributed by atoms with Crippen LogP contribution in [-0.2, 0) is 13.6 Å². The van der Waals surface area contributed by atoms with Crippen LogP contribution in [0.3, 0.4) is 0 Å². The van der Waals surface area contributed by atoms with Gasteiger partial charge < -0.3 is 10.4 Å². The summed E-state index contributed by atoms with van der Waals surface area (Å²) < 4.78 is 2.31. The second-order valence-electron chi connectivity index (χ2n) is 5.47. The highest BCUT2D eigenvalue weighted by Gasteiger charge is 2.16. The Hall–Kier alpha value is -0.460. The van der Waals surface area contributed by atoms with E-state index in [2.05, 4.69) is 52.1 Å². The van der Waals surface area contributed by atoms with Crippen molar-refractivity contribution in [3.63, 3.8) is 0 Å². The van der Waals surface area contributed by atoms with Crippen LogP contribution in [0.5, 0.6) is 0 Å². The highest BCUT2D eigenvalue weighted by atomic mass is 79.9. The molecule has 0 aliphatic rings. The summed E-state index contributed by atoms with van der Waals surface area (Å²) in [4.78, 5) is 4.21. The first-order chi connectivity index (χ1) is 7.78. The minimum Gasteiger partial charge on any atom is -0.392 e. The van der Waals surface area contributed by atoms with Gasteiger partial charge in [0.05, 0.1) is 12.6 Å². The van der Waals surface area contributed by atoms with Crippen molar-refractivity contribution >= 4 is 15.9 Å². The van der Waals surface area contributed by atoms with E-state index in [-0.39, 0.29) is 11.5 Å². The number of hydrogen-bond donors (Lipinski definition) is 2. The van der Waals surface area contributed by atoms with E-state index in [1.165, 1.54) is 0 Å². The van der Waals surface area contributed by atoms with E-state index in [1.54, 1.807) is 4.68 Å². The van der Waals surface area contributed by atoms with Crippen molar-refractivity contribution in [2.24, 2.45) is 12.5 Å². The van der Waals surface area contributed by atoms with E-state index in [9.17, 15) is 5.11 Å². The minimum atomic E-state index is -0.327. The molecule has 1 aromatic rings. The minimum absolute atomic E-state index is 0.148. The van der Waals surface area contributed by atoms with Gasteiger partial charge in [-0.05, 0) is 27.8 Å². The molecule has 2 N–H and O–H groups in total. The smallest absolute Gasteiger partial charge is 0.217 e. The van der Waals surface area contributed by atoms with Gasteiger partial charge in [-0.15, -0.1) is 5.10 Å². The molecule has 5 nitrogen and oxygen atoms in total. The molecule has 0 amide bonds. The summed E-state index contributed by atoms with van der Waals surface area (Å²) in [5, 5.41) is 17.1. The maximum atomic E-state index is 9.82. The van der Waals surface area contributed by atoms with E-state index in [1.807, 2.05) is 7.05 Å². The SMILES string of the molecule is Cn1nc(Br)nc1CNCC(O)CC(C)(C)C. The summed E-state index contributed by atoms with van der Waals surface area (Å²) in [5.74, 6) is 0.847. The second-order valence-corrected chi connectivity index (χ2v) is 6.18. The zero-order valence-electron chi connectivity index (χ0n) is 10.9. The molecule has 0 bridgehead atoms. The average molecular weight is 305 g/mol. The van der Waals surface area contributed by atoms with Gasteiger partial charge >= 0.3 is 0 Å². The first-order valence-corrected chi connectivity index (χ1v) is 6.51. The maximum absolute atomic E-state index is 9.82. The Balaban J connectivity index is 2.31. The number of aryl methyl sites for hydroxylation is 1. The topological polar surface area (TPSA) is 63.0 Å². The average Bonchev–Trinajstić information content (AvgIpc) is 2.42. The number of aliphatic hydroxyl groups excluding tert-OH is 1. The summed E-state index contributed by atoms with van der Waals surface area (Å²) in [6.07, 6.45) is 0.453. The molecule has 0 spiro atoms. The molecule has 1 atom stereocenters. The molecule has 1 rings (SSSR count). The molecule has 17 heavy (non-hydrogen) atoms. The third-order valence-corrected chi connectivity index (χ3v) is 2.67. The molecular formula is C11H21BrN4O. The van der Waals surface area contributed by atoms with Gasteiger partial charge in [-0.1, -0.05) is 20.8 Å². The van der Waals surface area contributed by atoms with E-state index in [0.717, 1.165) is 12.2 Å². The van der Waals surface area contributed by atoms with Gasteiger partial charge in [0, 0.05) is 13.6 Å². The molecule has 0 aliphatic heterocycles. The van der Waals surface area contributed by atoms with Gasteiger partial charge in [0.1, 0.15) is 5.82 Å². The normalized spacial score (nSPS) is 14.0. The standard InChI is InChI=1S/C11H21BrN4O/c1-11(2,3)5-8(17)6-13-7-9-14-10(12)15-16(9)4/h8,13,17H,5-7H2,1-4H3. The fraction of sp³-hybridized carbons (Fsp3) is 0.818. The summed E-state index contributed by atoms with van der Waals surface area (Å²) in [5.41, 5.74) is 0.148. The number of nitrogens with one attached hydrogen (secondary N) is 1. The molecule has 0 aliphatic carbocycles. The van der Waals surface area contributed by atoms with E-state index >= 15 is 0 Å². The molecule has 1 heterocycles. The van der Waals surface area contributed by atoms with Gasteiger partial charge in [-0.25, -0.2) is 4.98 Å². The predicted molar refractivity (Wildman–Crippen MR) is 70.5 cm³/mol. The molecule has 0 saturated carbocycles. The predicted octanol–water partition coefficient (Wildman–Crippen LogP) is 1.46. The van der Waals surface area contributed by atoms with Crippen molar-refractivity contribution in [1.29, 1.82) is 0 Å². The van der Waals surface area contributed by atoms with Crippen molar-refractivity contribution in [3.05, 3.63) is 10.6 Å². The monoisotopic (exact) mass is 304 g/mol. The van der Waals surface area contributed by atoms with Crippen LogP contribution in [0.1, 0.15) is 33.0 Å². The van der Waals surface area contributed by atoms with E-state index in [4.69, 9.17) is 0 Å². The highest BCUT2D eigenvalue weighted by Crippen LogP contribution is 2.20. The highest BCUT2D eigenvalue weighted by molar-refractivity contribution is 9.10. The van der Waals surface area contributed by atoms with Gasteiger partial charge in [0.15, 0.2) is 0 Å². The first kappa shape index (κ1) is 14.6. The number of rotatable bonds is 5. The Morgan fingerprint density at radius 3 is 2.59 bits per heavy atom. The fourth-order valence-corrected chi connectivity index (χ4v) is 2.11. The Morgan fingerprint density at radius 1 is 1.47 bits per heavy atom. The van der Waals surface area contributed by atoms with Crippen LogP contribution in [0.4, 0.5) is 0 Å². The molecular weight excluding hydrogens is 284 g/mol. The van der Waals surface area contributed by atoms with Crippen molar-refractivity contribution in [3.8, 4) is 0 Å². The molecule has 0 radical (unpaired) electrons. The fourth-order valence-electron chi connectivity index (χ4n) is 1.67. The zero-order chi connectivity index (χ0) is 13.1.